The number of nitrogens with one attached hydrogen (secondary N) is 1. The molecule has 108 valence electrons. The van der Waals surface area contributed by atoms with E-state index in [0.29, 0.717) is 5.92 Å². The predicted molar refractivity (Wildman–Crippen MR) is 71.9 cm³/mol. The number of hydrogen-bond acceptors (Lipinski definition) is 1. The summed E-state index contributed by atoms with van der Waals surface area (Å²) in [5.74, 6) is 0.628. The van der Waals surface area contributed by atoms with Crippen LogP contribution in [0.4, 0.5) is 13.2 Å². The minimum Gasteiger partial charge on any atom is -0.310 e. The van der Waals surface area contributed by atoms with E-state index in [2.05, 4.69) is 12.2 Å². The monoisotopic (exact) mass is 273 g/mol. The molecule has 1 aliphatic rings. The van der Waals surface area contributed by atoms with Gasteiger partial charge in [-0.05, 0) is 43.0 Å². The smallest absolute Gasteiger partial charge is 0.310 e. The van der Waals surface area contributed by atoms with Gasteiger partial charge in [-0.3, -0.25) is 0 Å². The maximum Gasteiger partial charge on any atom is 0.416 e. The van der Waals surface area contributed by atoms with Gasteiger partial charge in [0.15, 0.2) is 0 Å². The average molecular weight is 273 g/mol. The van der Waals surface area contributed by atoms with E-state index in [1.807, 2.05) is 13.8 Å². The Morgan fingerprint density at radius 2 is 1.68 bits per heavy atom. The van der Waals surface area contributed by atoms with Crippen molar-refractivity contribution in [2.75, 3.05) is 6.54 Å². The maximum atomic E-state index is 12.4. The fraction of sp³-hybridized carbons (Fsp3) is 0.600. The Morgan fingerprint density at radius 3 is 2.16 bits per heavy atom. The molecule has 2 atom stereocenters. The third kappa shape index (κ3) is 4.53. The van der Waals surface area contributed by atoms with E-state index in [1.165, 1.54) is 0 Å². The van der Waals surface area contributed by atoms with Crippen LogP contribution < -0.4 is 5.32 Å². The predicted octanol–water partition coefficient (Wildman–Crippen LogP) is 4.79. The van der Waals surface area contributed by atoms with Gasteiger partial charge in [0.05, 0.1) is 5.56 Å². The standard InChI is InChI=1S/C13H16F3N.C2H6/c1-9-6-7-17-12(8-9)10-2-4-11(5-3-10)13(14,15)16;1-2/h2-5,9,12,17H,6-8H2,1H3;1-2H3. The Kier molecular flexibility index (Phi) is 5.85. The summed E-state index contributed by atoms with van der Waals surface area (Å²) in [6, 6.07) is 5.69. The van der Waals surface area contributed by atoms with Gasteiger partial charge >= 0.3 is 6.18 Å². The molecule has 0 saturated carbocycles. The molecule has 1 saturated heterocycles. The zero-order valence-electron chi connectivity index (χ0n) is 11.7. The summed E-state index contributed by atoms with van der Waals surface area (Å²) in [7, 11) is 0. The highest BCUT2D eigenvalue weighted by Crippen LogP contribution is 2.32. The van der Waals surface area contributed by atoms with Crippen LogP contribution in [-0.4, -0.2) is 6.54 Å². The zero-order chi connectivity index (χ0) is 14.5. The summed E-state index contributed by atoms with van der Waals surface area (Å²) >= 11 is 0. The molecule has 0 bridgehead atoms. The largest absolute Gasteiger partial charge is 0.416 e. The van der Waals surface area contributed by atoms with Crippen molar-refractivity contribution in [1.82, 2.24) is 5.32 Å². The SMILES string of the molecule is CC.CC1CCNC(c2ccc(C(F)(F)F)cc2)C1. The lowest BCUT2D eigenvalue weighted by atomic mass is 9.90. The topological polar surface area (TPSA) is 12.0 Å². The quantitative estimate of drug-likeness (QED) is 0.775. The second-order valence-electron chi connectivity index (χ2n) is 4.76. The highest BCUT2D eigenvalue weighted by Gasteiger charge is 2.30. The van der Waals surface area contributed by atoms with Gasteiger partial charge in [0, 0.05) is 6.04 Å². The number of alkyl halides is 3. The molecule has 1 aliphatic heterocycles. The molecule has 1 fully saturated rings. The molecular formula is C15H22F3N. The Bertz CT molecular complexity index is 370. The molecule has 1 N–H and O–H groups in total. The normalized spacial score (nSPS) is 23.5. The summed E-state index contributed by atoms with van der Waals surface area (Å²) in [6.45, 7) is 7.12. The van der Waals surface area contributed by atoms with Crippen molar-refractivity contribution in [3.05, 3.63) is 35.4 Å². The van der Waals surface area contributed by atoms with E-state index in [-0.39, 0.29) is 6.04 Å². The molecule has 0 aliphatic carbocycles. The fourth-order valence-corrected chi connectivity index (χ4v) is 2.27. The molecule has 2 unspecified atom stereocenters. The van der Waals surface area contributed by atoms with Crippen LogP contribution >= 0.6 is 0 Å². The fourth-order valence-electron chi connectivity index (χ4n) is 2.27. The van der Waals surface area contributed by atoms with Gasteiger partial charge in [0.1, 0.15) is 0 Å². The molecule has 0 spiro atoms. The molecule has 1 aromatic carbocycles. The summed E-state index contributed by atoms with van der Waals surface area (Å²) in [5.41, 5.74) is 0.370. The minimum absolute atomic E-state index is 0.195. The van der Waals surface area contributed by atoms with Gasteiger partial charge in [0.2, 0.25) is 0 Å². The molecule has 1 nitrogen and oxygen atoms in total. The minimum atomic E-state index is -4.24. The molecule has 4 heteroatoms. The summed E-state index contributed by atoms with van der Waals surface area (Å²) in [4.78, 5) is 0. The van der Waals surface area contributed by atoms with E-state index >= 15 is 0 Å². The number of halogens is 3. The highest BCUT2D eigenvalue weighted by atomic mass is 19.4. The Morgan fingerprint density at radius 1 is 1.11 bits per heavy atom. The van der Waals surface area contributed by atoms with E-state index in [0.717, 1.165) is 37.1 Å². The van der Waals surface area contributed by atoms with E-state index < -0.39 is 11.7 Å². The summed E-state index contributed by atoms with van der Waals surface area (Å²) in [5, 5.41) is 3.34. The number of benzene rings is 1. The van der Waals surface area contributed by atoms with Crippen molar-refractivity contribution in [3.63, 3.8) is 0 Å². The zero-order valence-corrected chi connectivity index (χ0v) is 11.7. The first-order chi connectivity index (χ1) is 8.97. The van der Waals surface area contributed by atoms with Crippen molar-refractivity contribution in [1.29, 1.82) is 0 Å². The molecular weight excluding hydrogens is 251 g/mol. The second kappa shape index (κ2) is 6.94. The van der Waals surface area contributed by atoms with Crippen molar-refractivity contribution in [3.8, 4) is 0 Å². The molecule has 19 heavy (non-hydrogen) atoms. The van der Waals surface area contributed by atoms with Crippen molar-refractivity contribution in [2.45, 2.75) is 45.8 Å². The molecule has 2 rings (SSSR count). The Balaban J connectivity index is 0.000000861. The Labute approximate surface area is 113 Å². The molecule has 1 heterocycles. The van der Waals surface area contributed by atoms with Crippen LogP contribution in [-0.2, 0) is 6.18 Å². The van der Waals surface area contributed by atoms with Gasteiger partial charge in [0.25, 0.3) is 0 Å². The molecule has 0 amide bonds. The van der Waals surface area contributed by atoms with Crippen LogP contribution in [0.1, 0.15) is 50.8 Å². The molecule has 0 aromatic heterocycles. The first-order valence-electron chi connectivity index (χ1n) is 6.87. The summed E-state index contributed by atoms with van der Waals surface area (Å²) < 4.78 is 37.2. The Hall–Kier alpha value is -1.03. The van der Waals surface area contributed by atoms with Crippen molar-refractivity contribution < 1.29 is 13.2 Å². The van der Waals surface area contributed by atoms with Gasteiger partial charge in [-0.15, -0.1) is 0 Å². The first-order valence-corrected chi connectivity index (χ1v) is 6.87. The first kappa shape index (κ1) is 16.0. The van der Waals surface area contributed by atoms with Gasteiger partial charge in [-0.2, -0.15) is 13.2 Å². The van der Waals surface area contributed by atoms with Crippen molar-refractivity contribution in [2.24, 2.45) is 5.92 Å². The number of hydrogen-bond donors (Lipinski definition) is 1. The number of piperidine rings is 1. The number of rotatable bonds is 1. The lowest BCUT2D eigenvalue weighted by Crippen LogP contribution is -2.30. The van der Waals surface area contributed by atoms with Gasteiger partial charge in [-0.1, -0.05) is 32.9 Å². The second-order valence-corrected chi connectivity index (χ2v) is 4.76. The third-order valence-corrected chi connectivity index (χ3v) is 3.31. The molecule has 1 aromatic rings. The van der Waals surface area contributed by atoms with E-state index in [9.17, 15) is 13.2 Å². The lowest BCUT2D eigenvalue weighted by molar-refractivity contribution is -0.137. The van der Waals surface area contributed by atoms with Gasteiger partial charge in [-0.25, -0.2) is 0 Å². The van der Waals surface area contributed by atoms with Crippen LogP contribution in [0.15, 0.2) is 24.3 Å². The van der Waals surface area contributed by atoms with Crippen LogP contribution in [0, 0.1) is 5.92 Å². The van der Waals surface area contributed by atoms with E-state index in [1.54, 1.807) is 12.1 Å². The third-order valence-electron chi connectivity index (χ3n) is 3.31. The van der Waals surface area contributed by atoms with Crippen LogP contribution in [0.25, 0.3) is 0 Å². The van der Waals surface area contributed by atoms with Crippen molar-refractivity contribution >= 4 is 0 Å². The lowest BCUT2D eigenvalue weighted by Gasteiger charge is -2.28. The van der Waals surface area contributed by atoms with Crippen LogP contribution in [0.5, 0.6) is 0 Å². The van der Waals surface area contributed by atoms with Crippen LogP contribution in [0.2, 0.25) is 0 Å². The van der Waals surface area contributed by atoms with E-state index in [4.69, 9.17) is 0 Å². The summed E-state index contributed by atoms with van der Waals surface area (Å²) in [6.07, 6.45) is -2.12. The van der Waals surface area contributed by atoms with Gasteiger partial charge < -0.3 is 5.32 Å². The van der Waals surface area contributed by atoms with Crippen LogP contribution in [0.3, 0.4) is 0 Å². The molecule has 0 radical (unpaired) electrons. The average Bonchev–Trinajstić information content (AvgIpc) is 2.40. The highest BCUT2D eigenvalue weighted by molar-refractivity contribution is 5.27. The maximum absolute atomic E-state index is 12.4.